The highest BCUT2D eigenvalue weighted by Crippen LogP contribution is 2.31. The first-order valence-electron chi connectivity index (χ1n) is 13.0. The Morgan fingerprint density at radius 2 is 1.83 bits per heavy atom. The molecule has 4 aromatic rings. The summed E-state index contributed by atoms with van der Waals surface area (Å²) in [4.78, 5) is 30.6. The van der Waals surface area contributed by atoms with Gasteiger partial charge in [0.1, 0.15) is 18.3 Å². The Labute approximate surface area is 237 Å². The highest BCUT2D eigenvalue weighted by atomic mass is 32.1. The van der Waals surface area contributed by atoms with Gasteiger partial charge in [0.15, 0.2) is 23.2 Å². The van der Waals surface area contributed by atoms with Gasteiger partial charge < -0.3 is 10.1 Å². The van der Waals surface area contributed by atoms with Gasteiger partial charge in [0, 0.05) is 11.6 Å². The molecule has 218 valence electrons. The average Bonchev–Trinajstić information content (AvgIpc) is 3.62. The molecule has 1 unspecified atom stereocenters. The molecular formula is C28H29F4N5O3S. The summed E-state index contributed by atoms with van der Waals surface area (Å²) in [7, 11) is 0. The van der Waals surface area contributed by atoms with E-state index >= 15 is 0 Å². The van der Waals surface area contributed by atoms with E-state index < -0.39 is 53.0 Å². The minimum Gasteiger partial charge on any atom is -0.479 e. The lowest BCUT2D eigenvalue weighted by Gasteiger charge is -2.33. The lowest BCUT2D eigenvalue weighted by atomic mass is 9.85. The van der Waals surface area contributed by atoms with Crippen LogP contribution >= 0.6 is 11.3 Å². The van der Waals surface area contributed by atoms with Crippen LogP contribution in [0.2, 0.25) is 0 Å². The van der Waals surface area contributed by atoms with Crippen LogP contribution in [0.1, 0.15) is 69.1 Å². The Bertz CT molecular complexity index is 1550. The van der Waals surface area contributed by atoms with Crippen molar-refractivity contribution in [2.24, 2.45) is 5.92 Å². The number of amides is 1. The van der Waals surface area contributed by atoms with Gasteiger partial charge in [-0.2, -0.15) is 8.78 Å². The Hall–Kier alpha value is -3.87. The largest absolute Gasteiger partial charge is 0.479 e. The Morgan fingerprint density at radius 3 is 2.49 bits per heavy atom. The van der Waals surface area contributed by atoms with Crippen LogP contribution in [0, 0.1) is 29.2 Å². The second-order valence-corrected chi connectivity index (χ2v) is 11.0. The molecule has 0 saturated carbocycles. The van der Waals surface area contributed by atoms with Crippen molar-refractivity contribution in [2.45, 2.75) is 58.5 Å². The number of hydrogen-bond acceptors (Lipinski definition) is 7. The Kier molecular flexibility index (Phi) is 9.05. The number of Topliss-reactive ketones (excluding diaryl/α,β-unsaturated/α-hetero) is 1. The lowest BCUT2D eigenvalue weighted by Crippen LogP contribution is -2.47. The van der Waals surface area contributed by atoms with Gasteiger partial charge in [0.05, 0.1) is 27.5 Å². The number of carbonyl (C=O) groups excluding carboxylic acids is 2. The second-order valence-electron chi connectivity index (χ2n) is 10.1. The number of ketones is 1. The summed E-state index contributed by atoms with van der Waals surface area (Å²) in [6, 6.07) is 4.33. The third-order valence-corrected chi connectivity index (χ3v) is 7.91. The predicted octanol–water partition coefficient (Wildman–Crippen LogP) is 6.12. The molecule has 0 aliphatic heterocycles. The molecule has 0 spiro atoms. The zero-order chi connectivity index (χ0) is 29.9. The molecule has 1 amide bonds. The molecule has 2 atom stereocenters. The van der Waals surface area contributed by atoms with Crippen LogP contribution in [0.25, 0.3) is 10.2 Å². The van der Waals surface area contributed by atoms with Gasteiger partial charge in [-0.05, 0) is 37.5 Å². The van der Waals surface area contributed by atoms with Crippen LogP contribution < -0.4 is 10.1 Å². The van der Waals surface area contributed by atoms with E-state index in [0.717, 1.165) is 16.6 Å². The van der Waals surface area contributed by atoms with E-state index in [1.165, 1.54) is 22.2 Å². The summed E-state index contributed by atoms with van der Waals surface area (Å²) in [5.41, 5.74) is 2.34. The Balaban J connectivity index is 1.56. The van der Waals surface area contributed by atoms with Crippen LogP contribution in [-0.4, -0.2) is 38.3 Å². The standard InChI is InChI=1S/C28H29F4N5O3S/c1-5-6-7-20(21(38)13-40-26-24(31)17(29)11-18(30)25(26)32)37-12-23(35-36-37)28(4,15(2)3)34-27(39)16-8-9-19-22(10-16)41-14-33-19/h8-12,14-15,20H,5-7,13H2,1-4H3,(H,34,39)/t20?,28-/m0/s1. The normalized spacial score (nSPS) is 13.8. The van der Waals surface area contributed by atoms with Crippen LogP contribution in [-0.2, 0) is 10.3 Å². The molecule has 4 rings (SSSR count). The Morgan fingerprint density at radius 1 is 1.12 bits per heavy atom. The zero-order valence-corrected chi connectivity index (χ0v) is 23.7. The topological polar surface area (TPSA) is 99.0 Å². The monoisotopic (exact) mass is 591 g/mol. The number of nitrogens with one attached hydrogen (secondary N) is 1. The number of ether oxygens (including phenoxy) is 1. The SMILES string of the molecule is CCCCC(C(=O)COc1c(F)c(F)cc(F)c1F)n1cc([C@@](C)(NC(=O)c2ccc3ncsc3c2)C(C)C)nn1. The van der Waals surface area contributed by atoms with Gasteiger partial charge in [-0.15, -0.1) is 16.4 Å². The highest BCUT2D eigenvalue weighted by Gasteiger charge is 2.36. The van der Waals surface area contributed by atoms with E-state index in [1.807, 2.05) is 20.8 Å². The molecule has 0 fully saturated rings. The lowest BCUT2D eigenvalue weighted by molar-refractivity contribution is -0.124. The highest BCUT2D eigenvalue weighted by molar-refractivity contribution is 7.16. The van der Waals surface area contributed by atoms with E-state index in [-0.39, 0.29) is 17.9 Å². The zero-order valence-electron chi connectivity index (χ0n) is 22.9. The number of halogens is 4. The van der Waals surface area contributed by atoms with Crippen molar-refractivity contribution in [1.29, 1.82) is 0 Å². The number of hydrogen-bond donors (Lipinski definition) is 1. The number of unbranched alkanes of at least 4 members (excludes halogenated alkanes) is 1. The first-order valence-corrected chi connectivity index (χ1v) is 13.9. The van der Waals surface area contributed by atoms with E-state index in [0.29, 0.717) is 24.1 Å². The number of nitrogens with zero attached hydrogens (tertiary/aromatic N) is 4. The molecule has 2 aromatic carbocycles. The van der Waals surface area contributed by atoms with Gasteiger partial charge in [-0.1, -0.05) is 38.8 Å². The first-order chi connectivity index (χ1) is 19.5. The molecule has 41 heavy (non-hydrogen) atoms. The van der Waals surface area contributed by atoms with E-state index in [9.17, 15) is 27.2 Å². The molecule has 0 aliphatic rings. The summed E-state index contributed by atoms with van der Waals surface area (Å²) in [6.45, 7) is 6.66. The van der Waals surface area contributed by atoms with Crippen molar-refractivity contribution in [3.05, 3.63) is 70.5 Å². The fourth-order valence-corrected chi connectivity index (χ4v) is 4.95. The number of carbonyl (C=O) groups is 2. The summed E-state index contributed by atoms with van der Waals surface area (Å²) >= 11 is 1.42. The number of fused-ring (bicyclic) bond motifs is 1. The van der Waals surface area contributed by atoms with Crippen molar-refractivity contribution >= 4 is 33.2 Å². The van der Waals surface area contributed by atoms with E-state index in [4.69, 9.17) is 4.74 Å². The summed E-state index contributed by atoms with van der Waals surface area (Å²) in [5, 5.41) is 11.4. The molecule has 0 saturated heterocycles. The molecular weight excluding hydrogens is 562 g/mol. The van der Waals surface area contributed by atoms with Crippen molar-refractivity contribution in [3.8, 4) is 5.75 Å². The van der Waals surface area contributed by atoms with E-state index in [2.05, 4.69) is 20.6 Å². The van der Waals surface area contributed by atoms with Crippen molar-refractivity contribution in [1.82, 2.24) is 25.3 Å². The third kappa shape index (κ3) is 6.24. The fraction of sp³-hybridized carbons (Fsp3) is 0.393. The smallest absolute Gasteiger partial charge is 0.252 e. The number of rotatable bonds is 12. The molecule has 8 nitrogen and oxygen atoms in total. The van der Waals surface area contributed by atoms with Crippen LogP contribution in [0.15, 0.2) is 36.0 Å². The minimum atomic E-state index is -1.73. The van der Waals surface area contributed by atoms with Gasteiger partial charge in [0.2, 0.25) is 11.6 Å². The second kappa shape index (κ2) is 12.3. The molecule has 0 aliphatic carbocycles. The quantitative estimate of drug-likeness (QED) is 0.157. The van der Waals surface area contributed by atoms with Gasteiger partial charge in [0.25, 0.3) is 5.91 Å². The molecule has 13 heteroatoms. The maximum atomic E-state index is 14.0. The summed E-state index contributed by atoms with van der Waals surface area (Å²) in [6.07, 6.45) is 3.16. The number of thiazole rings is 1. The fourth-order valence-electron chi connectivity index (χ4n) is 4.23. The van der Waals surface area contributed by atoms with Gasteiger partial charge >= 0.3 is 0 Å². The maximum Gasteiger partial charge on any atom is 0.252 e. The predicted molar refractivity (Wildman–Crippen MR) is 145 cm³/mol. The summed E-state index contributed by atoms with van der Waals surface area (Å²) in [5.74, 6) is -9.17. The summed E-state index contributed by atoms with van der Waals surface area (Å²) < 4.78 is 62.3. The van der Waals surface area contributed by atoms with Crippen molar-refractivity contribution in [2.75, 3.05) is 6.61 Å². The molecule has 0 radical (unpaired) electrons. The molecule has 2 heterocycles. The van der Waals surface area contributed by atoms with Gasteiger partial charge in [-0.3, -0.25) is 9.59 Å². The van der Waals surface area contributed by atoms with Gasteiger partial charge in [-0.25, -0.2) is 18.4 Å². The van der Waals surface area contributed by atoms with Crippen LogP contribution in [0.5, 0.6) is 5.75 Å². The van der Waals surface area contributed by atoms with Crippen LogP contribution in [0.3, 0.4) is 0 Å². The van der Waals surface area contributed by atoms with Crippen molar-refractivity contribution < 1.29 is 31.9 Å². The van der Waals surface area contributed by atoms with E-state index in [1.54, 1.807) is 30.6 Å². The minimum absolute atomic E-state index is 0.0581. The van der Waals surface area contributed by atoms with Crippen LogP contribution in [0.4, 0.5) is 17.6 Å². The van der Waals surface area contributed by atoms with Crippen molar-refractivity contribution in [3.63, 3.8) is 0 Å². The molecule has 0 bridgehead atoms. The maximum absolute atomic E-state index is 14.0. The molecule has 1 N–H and O–H groups in total. The first kappa shape index (κ1) is 30.1. The number of benzene rings is 2. The number of aromatic nitrogens is 4. The average molecular weight is 592 g/mol. The molecule has 2 aromatic heterocycles. The third-order valence-electron chi connectivity index (χ3n) is 7.12.